The highest BCUT2D eigenvalue weighted by Gasteiger charge is 2.09. The van der Waals surface area contributed by atoms with Crippen LogP contribution in [0, 0.1) is 5.41 Å². The van der Waals surface area contributed by atoms with Gasteiger partial charge in [0, 0.05) is 12.7 Å². The molecule has 0 aliphatic rings. The molecule has 4 nitrogen and oxygen atoms in total. The third-order valence-corrected chi connectivity index (χ3v) is 1.79. The van der Waals surface area contributed by atoms with Gasteiger partial charge in [-0.2, -0.15) is 5.10 Å². The molecule has 2 N–H and O–H groups in total. The summed E-state index contributed by atoms with van der Waals surface area (Å²) in [5.74, 6) is 0. The maximum Gasteiger partial charge on any atom is 0.0726 e. The van der Waals surface area contributed by atoms with Gasteiger partial charge in [0.2, 0.25) is 0 Å². The van der Waals surface area contributed by atoms with E-state index in [0.717, 1.165) is 12.2 Å². The SMILES string of the molecule is CC(C)(C)CNc1cnn(CCO)c1.Cl. The Labute approximate surface area is 97.1 Å². The number of hydrogen-bond acceptors (Lipinski definition) is 3. The lowest BCUT2D eigenvalue weighted by Gasteiger charge is -2.18. The van der Waals surface area contributed by atoms with Gasteiger partial charge in [0.25, 0.3) is 0 Å². The first-order chi connectivity index (χ1) is 6.51. The number of nitrogens with zero attached hydrogens (tertiary/aromatic N) is 2. The molecule has 0 aliphatic carbocycles. The summed E-state index contributed by atoms with van der Waals surface area (Å²) in [5.41, 5.74) is 1.27. The van der Waals surface area contributed by atoms with Crippen molar-refractivity contribution in [3.05, 3.63) is 12.4 Å². The number of anilines is 1. The number of aliphatic hydroxyl groups excluding tert-OH is 1. The van der Waals surface area contributed by atoms with Crippen LogP contribution in [0.4, 0.5) is 5.69 Å². The molecular formula is C10H20ClN3O. The van der Waals surface area contributed by atoms with E-state index in [1.807, 2.05) is 6.20 Å². The lowest BCUT2D eigenvalue weighted by molar-refractivity contribution is 0.269. The Morgan fingerprint density at radius 3 is 2.67 bits per heavy atom. The number of halogens is 1. The predicted octanol–water partition coefficient (Wildman–Crippen LogP) is 1.76. The van der Waals surface area contributed by atoms with Crippen LogP contribution >= 0.6 is 12.4 Å². The average molecular weight is 234 g/mol. The molecule has 0 aliphatic heterocycles. The molecule has 1 heterocycles. The van der Waals surface area contributed by atoms with Crippen molar-refractivity contribution >= 4 is 18.1 Å². The van der Waals surface area contributed by atoms with Gasteiger partial charge in [-0.05, 0) is 5.41 Å². The van der Waals surface area contributed by atoms with Crippen molar-refractivity contribution in [3.63, 3.8) is 0 Å². The molecule has 88 valence electrons. The Balaban J connectivity index is 0.00000196. The molecule has 0 amide bonds. The molecule has 0 fully saturated rings. The fourth-order valence-corrected chi connectivity index (χ4v) is 1.05. The Morgan fingerprint density at radius 2 is 2.13 bits per heavy atom. The topological polar surface area (TPSA) is 50.1 Å². The summed E-state index contributed by atoms with van der Waals surface area (Å²) >= 11 is 0. The second kappa shape index (κ2) is 5.98. The van der Waals surface area contributed by atoms with Gasteiger partial charge in [-0.25, -0.2) is 0 Å². The average Bonchev–Trinajstić information content (AvgIpc) is 2.49. The van der Waals surface area contributed by atoms with Crippen molar-refractivity contribution in [3.8, 4) is 0 Å². The zero-order valence-corrected chi connectivity index (χ0v) is 10.3. The van der Waals surface area contributed by atoms with Gasteiger partial charge < -0.3 is 10.4 Å². The van der Waals surface area contributed by atoms with Gasteiger partial charge in [-0.15, -0.1) is 12.4 Å². The normalized spacial score (nSPS) is 10.9. The summed E-state index contributed by atoms with van der Waals surface area (Å²) in [4.78, 5) is 0. The number of rotatable bonds is 4. The van der Waals surface area contributed by atoms with Crippen LogP contribution in [-0.2, 0) is 6.54 Å². The Kier molecular flexibility index (Phi) is 5.68. The summed E-state index contributed by atoms with van der Waals surface area (Å²) in [6.45, 7) is 8.13. The van der Waals surface area contributed by atoms with Crippen LogP contribution in [-0.4, -0.2) is 28.0 Å². The minimum Gasteiger partial charge on any atom is -0.394 e. The van der Waals surface area contributed by atoms with Crippen LogP contribution in [0.15, 0.2) is 12.4 Å². The Hall–Kier alpha value is -0.740. The van der Waals surface area contributed by atoms with E-state index in [0.29, 0.717) is 6.54 Å². The van der Waals surface area contributed by atoms with E-state index in [4.69, 9.17) is 5.11 Å². The highest BCUT2D eigenvalue weighted by atomic mass is 35.5. The van der Waals surface area contributed by atoms with Gasteiger partial charge in [0.05, 0.1) is 25.0 Å². The minimum atomic E-state index is 0. The van der Waals surface area contributed by atoms with E-state index in [1.165, 1.54) is 0 Å². The second-order valence-electron chi connectivity index (χ2n) is 4.63. The zero-order valence-electron chi connectivity index (χ0n) is 9.53. The number of aliphatic hydroxyl groups is 1. The first kappa shape index (κ1) is 14.3. The molecule has 0 atom stereocenters. The van der Waals surface area contributed by atoms with Crippen LogP contribution in [0.5, 0.6) is 0 Å². The molecule has 5 heteroatoms. The smallest absolute Gasteiger partial charge is 0.0726 e. The quantitative estimate of drug-likeness (QED) is 0.833. The fourth-order valence-electron chi connectivity index (χ4n) is 1.05. The zero-order chi connectivity index (χ0) is 10.6. The number of aromatic nitrogens is 2. The fraction of sp³-hybridized carbons (Fsp3) is 0.700. The standard InChI is InChI=1S/C10H19N3O.ClH/c1-10(2,3)8-11-9-6-12-13(7-9)4-5-14;/h6-7,11,14H,4-5,8H2,1-3H3;1H. The third-order valence-electron chi connectivity index (χ3n) is 1.79. The lowest BCUT2D eigenvalue weighted by Crippen LogP contribution is -2.18. The summed E-state index contributed by atoms with van der Waals surface area (Å²) in [7, 11) is 0. The van der Waals surface area contributed by atoms with Crippen LogP contribution in [0.25, 0.3) is 0 Å². The largest absolute Gasteiger partial charge is 0.394 e. The molecule has 15 heavy (non-hydrogen) atoms. The van der Waals surface area contributed by atoms with E-state index < -0.39 is 0 Å². The van der Waals surface area contributed by atoms with Crippen molar-refractivity contribution in [1.82, 2.24) is 9.78 Å². The molecular weight excluding hydrogens is 214 g/mol. The highest BCUT2D eigenvalue weighted by molar-refractivity contribution is 5.85. The van der Waals surface area contributed by atoms with Gasteiger partial charge in [-0.1, -0.05) is 20.8 Å². The van der Waals surface area contributed by atoms with Gasteiger partial charge in [0.15, 0.2) is 0 Å². The van der Waals surface area contributed by atoms with E-state index in [1.54, 1.807) is 10.9 Å². The Morgan fingerprint density at radius 1 is 1.47 bits per heavy atom. The maximum atomic E-state index is 8.71. The molecule has 0 radical (unpaired) electrons. The molecule has 0 unspecified atom stereocenters. The van der Waals surface area contributed by atoms with Crippen LogP contribution in [0.2, 0.25) is 0 Å². The molecule has 1 aromatic heterocycles. The van der Waals surface area contributed by atoms with Crippen molar-refractivity contribution in [2.45, 2.75) is 27.3 Å². The molecule has 1 rings (SSSR count). The van der Waals surface area contributed by atoms with Crippen molar-refractivity contribution in [2.24, 2.45) is 5.41 Å². The van der Waals surface area contributed by atoms with Crippen LogP contribution in [0.3, 0.4) is 0 Å². The maximum absolute atomic E-state index is 8.71. The van der Waals surface area contributed by atoms with Crippen molar-refractivity contribution < 1.29 is 5.11 Å². The third kappa shape index (κ3) is 5.64. The summed E-state index contributed by atoms with van der Waals surface area (Å²) in [5, 5.41) is 16.1. The van der Waals surface area contributed by atoms with Gasteiger partial charge in [0.1, 0.15) is 0 Å². The van der Waals surface area contributed by atoms with Crippen molar-refractivity contribution in [2.75, 3.05) is 18.5 Å². The van der Waals surface area contributed by atoms with Crippen molar-refractivity contribution in [1.29, 1.82) is 0 Å². The molecule has 0 bridgehead atoms. The molecule has 0 aromatic carbocycles. The van der Waals surface area contributed by atoms with Crippen LogP contribution < -0.4 is 5.32 Å². The summed E-state index contributed by atoms with van der Waals surface area (Å²) in [6, 6.07) is 0. The molecule has 1 aromatic rings. The number of hydrogen-bond donors (Lipinski definition) is 2. The highest BCUT2D eigenvalue weighted by Crippen LogP contribution is 2.14. The predicted molar refractivity (Wildman–Crippen MR) is 64.5 cm³/mol. The van der Waals surface area contributed by atoms with E-state index in [-0.39, 0.29) is 24.4 Å². The monoisotopic (exact) mass is 233 g/mol. The first-order valence-electron chi connectivity index (χ1n) is 4.88. The number of nitrogens with one attached hydrogen (secondary N) is 1. The first-order valence-corrected chi connectivity index (χ1v) is 4.88. The minimum absolute atomic E-state index is 0. The van der Waals surface area contributed by atoms with Gasteiger partial charge in [-0.3, -0.25) is 4.68 Å². The molecule has 0 saturated heterocycles. The second-order valence-corrected chi connectivity index (χ2v) is 4.63. The molecule has 0 saturated carbocycles. The van der Waals surface area contributed by atoms with E-state index >= 15 is 0 Å². The summed E-state index contributed by atoms with van der Waals surface area (Å²) in [6.07, 6.45) is 3.68. The summed E-state index contributed by atoms with van der Waals surface area (Å²) < 4.78 is 1.73. The lowest BCUT2D eigenvalue weighted by atomic mass is 9.97. The van der Waals surface area contributed by atoms with E-state index in [2.05, 4.69) is 31.2 Å². The van der Waals surface area contributed by atoms with Gasteiger partial charge >= 0.3 is 0 Å². The Bertz CT molecular complexity index is 280. The molecule has 0 spiro atoms. The van der Waals surface area contributed by atoms with E-state index in [9.17, 15) is 0 Å². The van der Waals surface area contributed by atoms with Crippen LogP contribution in [0.1, 0.15) is 20.8 Å².